The first kappa shape index (κ1) is 23.6. The Hall–Kier alpha value is -3.11. The van der Waals surface area contributed by atoms with Gasteiger partial charge < -0.3 is 19.1 Å². The van der Waals surface area contributed by atoms with Gasteiger partial charge in [-0.3, -0.25) is 4.79 Å². The van der Waals surface area contributed by atoms with E-state index in [-0.39, 0.29) is 43.6 Å². The van der Waals surface area contributed by atoms with Crippen LogP contribution in [-0.4, -0.2) is 75.5 Å². The van der Waals surface area contributed by atoms with Crippen LogP contribution in [0.5, 0.6) is 11.5 Å². The molecule has 0 spiro atoms. The van der Waals surface area contributed by atoms with Gasteiger partial charge in [-0.15, -0.1) is 0 Å². The zero-order valence-electron chi connectivity index (χ0n) is 17.8. The van der Waals surface area contributed by atoms with Crippen molar-refractivity contribution in [2.45, 2.75) is 11.8 Å². The van der Waals surface area contributed by atoms with Crippen molar-refractivity contribution in [1.82, 2.24) is 9.21 Å². The van der Waals surface area contributed by atoms with Crippen molar-refractivity contribution in [2.24, 2.45) is 0 Å². The van der Waals surface area contributed by atoms with Crippen LogP contribution < -0.4 is 9.47 Å². The van der Waals surface area contributed by atoms with Crippen LogP contribution in [0.2, 0.25) is 0 Å². The zero-order valence-corrected chi connectivity index (χ0v) is 18.6. The molecule has 0 aromatic heterocycles. The summed E-state index contributed by atoms with van der Waals surface area (Å²) in [5, 5.41) is 0. The number of benzene rings is 2. The van der Waals surface area contributed by atoms with E-state index in [1.165, 1.54) is 9.21 Å². The molecule has 0 aliphatic carbocycles. The third-order valence-electron chi connectivity index (χ3n) is 4.82. The van der Waals surface area contributed by atoms with E-state index in [9.17, 15) is 18.0 Å². The molecule has 0 saturated carbocycles. The first-order chi connectivity index (χ1) is 15.4. The van der Waals surface area contributed by atoms with Gasteiger partial charge in [0.05, 0.1) is 11.5 Å². The Bertz CT molecular complexity index is 1000. The normalized spacial score (nSPS) is 14.6. The molecule has 1 aliphatic rings. The molecule has 1 aliphatic heterocycles. The minimum atomic E-state index is -3.59. The number of carbonyl (C=O) groups excluding carboxylic acids is 2. The number of hydrogen-bond acceptors (Lipinski definition) is 7. The maximum absolute atomic E-state index is 12.7. The van der Waals surface area contributed by atoms with Crippen molar-refractivity contribution < 1.29 is 32.2 Å². The Balaban J connectivity index is 1.39. The second kappa shape index (κ2) is 11.0. The van der Waals surface area contributed by atoms with Crippen LogP contribution in [0.25, 0.3) is 0 Å². The molecule has 2 aromatic carbocycles. The van der Waals surface area contributed by atoms with E-state index < -0.39 is 22.6 Å². The van der Waals surface area contributed by atoms with Gasteiger partial charge in [0.15, 0.2) is 13.2 Å². The fourth-order valence-corrected chi connectivity index (χ4v) is 4.58. The molecule has 0 N–H and O–H groups in total. The van der Waals surface area contributed by atoms with E-state index in [4.69, 9.17) is 14.2 Å². The van der Waals surface area contributed by atoms with E-state index in [1.807, 2.05) is 6.92 Å². The number of piperazine rings is 1. The summed E-state index contributed by atoms with van der Waals surface area (Å²) in [6.07, 6.45) is 0. The third-order valence-corrected chi connectivity index (χ3v) is 6.73. The highest BCUT2D eigenvalue weighted by Gasteiger charge is 2.30. The third kappa shape index (κ3) is 6.21. The zero-order chi connectivity index (χ0) is 23.0. The summed E-state index contributed by atoms with van der Waals surface area (Å²) in [5.41, 5.74) is 0. The summed E-state index contributed by atoms with van der Waals surface area (Å²) >= 11 is 0. The topological polar surface area (TPSA) is 102 Å². The molecule has 0 atom stereocenters. The maximum atomic E-state index is 12.7. The lowest BCUT2D eigenvalue weighted by atomic mass is 10.3. The van der Waals surface area contributed by atoms with Gasteiger partial charge in [-0.2, -0.15) is 4.31 Å². The predicted molar refractivity (Wildman–Crippen MR) is 116 cm³/mol. The van der Waals surface area contributed by atoms with Crippen molar-refractivity contribution in [3.8, 4) is 11.5 Å². The number of ether oxygens (including phenoxy) is 3. The molecule has 1 heterocycles. The van der Waals surface area contributed by atoms with E-state index in [0.717, 1.165) is 0 Å². The van der Waals surface area contributed by atoms with Gasteiger partial charge in [-0.05, 0) is 43.3 Å². The number of amides is 1. The van der Waals surface area contributed by atoms with Crippen molar-refractivity contribution in [3.05, 3.63) is 54.6 Å². The van der Waals surface area contributed by atoms with E-state index >= 15 is 0 Å². The molecule has 172 valence electrons. The molecule has 1 saturated heterocycles. The van der Waals surface area contributed by atoms with Gasteiger partial charge in [0.2, 0.25) is 10.0 Å². The summed E-state index contributed by atoms with van der Waals surface area (Å²) in [6.45, 7) is 2.50. The van der Waals surface area contributed by atoms with Crippen molar-refractivity contribution in [1.29, 1.82) is 0 Å². The summed E-state index contributed by atoms with van der Waals surface area (Å²) in [7, 11) is -3.59. The van der Waals surface area contributed by atoms with Gasteiger partial charge in [0.1, 0.15) is 11.5 Å². The number of esters is 1. The largest absolute Gasteiger partial charge is 0.494 e. The first-order valence-electron chi connectivity index (χ1n) is 10.2. The average Bonchev–Trinajstić information content (AvgIpc) is 2.83. The van der Waals surface area contributed by atoms with Crippen LogP contribution in [0, 0.1) is 0 Å². The Morgan fingerprint density at radius 2 is 1.44 bits per heavy atom. The molecule has 0 radical (unpaired) electrons. The molecular weight excluding hydrogens is 436 g/mol. The Kier molecular flexibility index (Phi) is 8.07. The molecule has 1 fully saturated rings. The highest BCUT2D eigenvalue weighted by atomic mass is 32.2. The Labute approximate surface area is 187 Å². The number of hydrogen-bond donors (Lipinski definition) is 0. The SMILES string of the molecule is CCOc1ccc(OCC(=O)OCC(=O)N2CCN(S(=O)(=O)c3ccccc3)CC2)cc1. The van der Waals surface area contributed by atoms with Crippen molar-refractivity contribution in [3.63, 3.8) is 0 Å². The quantitative estimate of drug-likeness (QED) is 0.521. The van der Waals surface area contributed by atoms with Crippen LogP contribution in [0.4, 0.5) is 0 Å². The molecule has 10 heteroatoms. The number of rotatable bonds is 9. The van der Waals surface area contributed by atoms with E-state index in [2.05, 4.69) is 0 Å². The molecule has 0 unspecified atom stereocenters. The second-order valence-corrected chi connectivity index (χ2v) is 8.89. The molecule has 9 nitrogen and oxygen atoms in total. The van der Waals surface area contributed by atoms with Crippen LogP contribution in [0.3, 0.4) is 0 Å². The molecular formula is C22H26N2O7S. The minimum Gasteiger partial charge on any atom is -0.494 e. The molecule has 1 amide bonds. The fraction of sp³-hybridized carbons (Fsp3) is 0.364. The number of carbonyl (C=O) groups is 2. The second-order valence-electron chi connectivity index (χ2n) is 6.95. The maximum Gasteiger partial charge on any atom is 0.344 e. The highest BCUT2D eigenvalue weighted by Crippen LogP contribution is 2.18. The van der Waals surface area contributed by atoms with Crippen LogP contribution in [0.15, 0.2) is 59.5 Å². The van der Waals surface area contributed by atoms with Gasteiger partial charge in [0.25, 0.3) is 5.91 Å². The lowest BCUT2D eigenvalue weighted by molar-refractivity contribution is -0.154. The summed E-state index contributed by atoms with van der Waals surface area (Å²) in [4.78, 5) is 25.9. The predicted octanol–water partition coefficient (Wildman–Crippen LogP) is 1.54. The smallest absolute Gasteiger partial charge is 0.344 e. The number of sulfonamides is 1. The lowest BCUT2D eigenvalue weighted by Crippen LogP contribution is -2.51. The van der Waals surface area contributed by atoms with Crippen LogP contribution >= 0.6 is 0 Å². The lowest BCUT2D eigenvalue weighted by Gasteiger charge is -2.33. The minimum absolute atomic E-state index is 0.178. The van der Waals surface area contributed by atoms with Gasteiger partial charge in [-0.25, -0.2) is 13.2 Å². The van der Waals surface area contributed by atoms with Crippen LogP contribution in [0.1, 0.15) is 6.92 Å². The standard InChI is InChI=1S/C22H26N2O7S/c1-2-29-18-8-10-19(11-9-18)30-17-22(26)31-16-21(25)23-12-14-24(15-13-23)32(27,28)20-6-4-3-5-7-20/h3-11H,2,12-17H2,1H3. The van der Waals surface area contributed by atoms with Crippen molar-refractivity contribution >= 4 is 21.9 Å². The van der Waals surface area contributed by atoms with Crippen molar-refractivity contribution in [2.75, 3.05) is 46.0 Å². The first-order valence-corrected chi connectivity index (χ1v) is 11.7. The number of nitrogens with zero attached hydrogens (tertiary/aromatic N) is 2. The van der Waals surface area contributed by atoms with E-state index in [1.54, 1.807) is 54.6 Å². The average molecular weight is 463 g/mol. The summed E-state index contributed by atoms with van der Waals surface area (Å²) in [5.74, 6) is 0.130. The Morgan fingerprint density at radius 1 is 0.844 bits per heavy atom. The van der Waals surface area contributed by atoms with Gasteiger partial charge in [0, 0.05) is 26.2 Å². The summed E-state index contributed by atoms with van der Waals surface area (Å²) < 4.78 is 42.3. The fourth-order valence-electron chi connectivity index (χ4n) is 3.14. The van der Waals surface area contributed by atoms with Gasteiger partial charge >= 0.3 is 5.97 Å². The molecule has 2 aromatic rings. The molecule has 3 rings (SSSR count). The Morgan fingerprint density at radius 3 is 2.03 bits per heavy atom. The summed E-state index contributed by atoms with van der Waals surface area (Å²) in [6, 6.07) is 15.0. The molecule has 32 heavy (non-hydrogen) atoms. The monoisotopic (exact) mass is 462 g/mol. The molecule has 0 bridgehead atoms. The van der Waals surface area contributed by atoms with Crippen LogP contribution in [-0.2, 0) is 24.3 Å². The highest BCUT2D eigenvalue weighted by molar-refractivity contribution is 7.89. The van der Waals surface area contributed by atoms with E-state index in [0.29, 0.717) is 18.1 Å². The van der Waals surface area contributed by atoms with Gasteiger partial charge in [-0.1, -0.05) is 18.2 Å².